The van der Waals surface area contributed by atoms with E-state index in [2.05, 4.69) is 49.2 Å². The number of allylic oxidation sites excluding steroid dienone is 4. The maximum atomic E-state index is 17.5. The Bertz CT molecular complexity index is 2470. The minimum absolute atomic E-state index is 0.0742. The fraction of sp³-hybridized carbons (Fsp3) is 0.661. The number of carbonyl (C=O) groups excluding carboxylic acids is 7. The van der Waals surface area contributed by atoms with Gasteiger partial charge in [0.2, 0.25) is 11.7 Å². The number of urea groups is 1. The molecule has 0 radical (unpaired) electrons. The second-order valence-electron chi connectivity index (χ2n) is 22.2. The van der Waals surface area contributed by atoms with Gasteiger partial charge in [-0.1, -0.05) is 63.8 Å². The summed E-state index contributed by atoms with van der Waals surface area (Å²) in [6, 6.07) is 4.31. The maximum absolute atomic E-state index is 17.5. The topological polar surface area (TPSA) is 327 Å². The second kappa shape index (κ2) is 27.9. The van der Waals surface area contributed by atoms with Crippen molar-refractivity contribution < 1.29 is 72.3 Å². The molecule has 23 heteroatoms. The molecule has 0 aliphatic heterocycles. The first-order valence-electron chi connectivity index (χ1n) is 27.5. The van der Waals surface area contributed by atoms with Gasteiger partial charge in [0.15, 0.2) is 18.1 Å². The Morgan fingerprint density at radius 3 is 2.34 bits per heavy atom. The zero-order chi connectivity index (χ0) is 57.5. The highest BCUT2D eigenvalue weighted by Gasteiger charge is 2.75. The van der Waals surface area contributed by atoms with Crippen LogP contribution in [0.5, 0.6) is 0 Å². The first-order valence-corrected chi connectivity index (χ1v) is 27.5. The molecule has 0 aromatic heterocycles. The van der Waals surface area contributed by atoms with Crippen LogP contribution >= 0.6 is 0 Å². The highest BCUT2D eigenvalue weighted by molar-refractivity contribution is 6.01. The lowest BCUT2D eigenvalue weighted by Gasteiger charge is -2.62. The predicted octanol–water partition coefficient (Wildman–Crippen LogP) is 3.23. The molecule has 6 rings (SSSR count). The Hall–Kier alpha value is -6.00. The summed E-state index contributed by atoms with van der Waals surface area (Å²) in [4.78, 5) is 93.4. The van der Waals surface area contributed by atoms with Crippen molar-refractivity contribution in [2.24, 2.45) is 40.2 Å². The van der Waals surface area contributed by atoms with Crippen molar-refractivity contribution >= 4 is 47.3 Å². The number of alkyl halides is 1. The number of primary amides is 1. The van der Waals surface area contributed by atoms with Gasteiger partial charge in [-0.15, -0.1) is 5.92 Å². The average Bonchev–Trinajstić information content (AvgIpc) is 3.49. The third-order valence-corrected chi connectivity index (χ3v) is 16.7. The van der Waals surface area contributed by atoms with Crippen LogP contribution < -0.4 is 43.1 Å². The number of aliphatic hydroxyl groups excluding tert-OH is 2. The quantitative estimate of drug-likeness (QED) is 0.0209. The van der Waals surface area contributed by atoms with Crippen LogP contribution in [0.3, 0.4) is 0 Å². The molecule has 1 aromatic carbocycles. The zero-order valence-electron chi connectivity index (χ0n) is 46.0. The lowest BCUT2D eigenvalue weighted by Crippen LogP contribution is -2.69. The number of hydroxylamine groups is 1. The highest BCUT2D eigenvalue weighted by Crippen LogP contribution is 2.70. The number of alkyl carbamates (subject to hydrolysis) is 2. The highest BCUT2D eigenvalue weighted by atomic mass is 19.1. The molecule has 1 aromatic rings. The molecule has 2 unspecified atom stereocenters. The van der Waals surface area contributed by atoms with E-state index >= 15 is 4.39 Å². The van der Waals surface area contributed by atoms with E-state index < -0.39 is 107 Å². The average molecular weight is 1110 g/mol. The molecule has 79 heavy (non-hydrogen) atoms. The van der Waals surface area contributed by atoms with Gasteiger partial charge < -0.3 is 66.7 Å². The number of rotatable bonds is 26. The number of Topliss-reactive ketones (excluding diaryl/α,β-unsaturated/α-hetero) is 1. The van der Waals surface area contributed by atoms with Crippen LogP contribution in [-0.4, -0.2) is 145 Å². The van der Waals surface area contributed by atoms with Crippen LogP contribution in [0.1, 0.15) is 111 Å². The van der Waals surface area contributed by atoms with Gasteiger partial charge in [-0.05, 0) is 112 Å². The molecule has 0 saturated heterocycles. The van der Waals surface area contributed by atoms with Crippen LogP contribution in [0.15, 0.2) is 48.1 Å². The molecule has 0 heterocycles. The molecule has 5 aliphatic carbocycles. The second-order valence-corrected chi connectivity index (χ2v) is 22.2. The Morgan fingerprint density at radius 2 is 1.63 bits per heavy atom. The van der Waals surface area contributed by atoms with Gasteiger partial charge in [0.25, 0.3) is 0 Å². The molecule has 12 N–H and O–H groups in total. The summed E-state index contributed by atoms with van der Waals surface area (Å²) in [6.45, 7) is 8.22. The number of fused-ring (bicyclic) bond motifs is 5. The number of anilines is 1. The van der Waals surface area contributed by atoms with Crippen molar-refractivity contribution in [2.75, 3.05) is 51.3 Å². The van der Waals surface area contributed by atoms with Crippen molar-refractivity contribution in [2.45, 2.75) is 154 Å². The molecule has 5 amide bonds. The van der Waals surface area contributed by atoms with Gasteiger partial charge in [0.05, 0.1) is 12.1 Å². The molecule has 0 bridgehead atoms. The van der Waals surface area contributed by atoms with Gasteiger partial charge in [-0.2, -0.15) is 5.48 Å². The zero-order valence-corrected chi connectivity index (χ0v) is 46.0. The third kappa shape index (κ3) is 15.1. The van der Waals surface area contributed by atoms with E-state index in [4.69, 9.17) is 24.8 Å². The molecular weight excluding hydrogens is 1030 g/mol. The largest absolute Gasteiger partial charge is 0.445 e. The first kappa shape index (κ1) is 62.2. The van der Waals surface area contributed by atoms with Crippen LogP contribution in [0.4, 0.5) is 24.5 Å². The molecule has 3 fully saturated rings. The number of benzene rings is 1. The Morgan fingerprint density at radius 1 is 0.911 bits per heavy atom. The van der Waals surface area contributed by atoms with Gasteiger partial charge in [0.1, 0.15) is 31.1 Å². The number of amides is 5. The summed E-state index contributed by atoms with van der Waals surface area (Å²) in [5.74, 6) is 2.10. The number of hydrogen-bond acceptors (Lipinski definition) is 17. The summed E-state index contributed by atoms with van der Waals surface area (Å²) in [6.07, 6.45) is 5.58. The summed E-state index contributed by atoms with van der Waals surface area (Å²) < 4.78 is 33.6. The smallest absolute Gasteiger partial charge is 0.407 e. The SMILES string of the molecule is CC(C)[C@H](NCCNOC(=O)COC1C#CCCCCC1)C(O)N[C@@H](CCCNC(N)=O)C(=O)Nc1ccc(COC(=O)NCCNC(=O)OCC(=O)[C@@]2(O)[C@H](C)C[C@H]3[C@@H]4CCC5=CC(=O)C=C[C@]5(C)[C@@]4(F)[C@@H](O)C[C@@]32C)cc1. The molecular formula is C56H81FN8O14. The van der Waals surface area contributed by atoms with Crippen molar-refractivity contribution in [1.29, 1.82) is 0 Å². The van der Waals surface area contributed by atoms with Crippen molar-refractivity contribution in [1.82, 2.24) is 32.1 Å². The van der Waals surface area contributed by atoms with E-state index in [1.165, 1.54) is 12.2 Å². The summed E-state index contributed by atoms with van der Waals surface area (Å²) >= 11 is 0. The number of ether oxygens (including phenoxy) is 3. The number of carbonyl (C=O) groups is 7. The van der Waals surface area contributed by atoms with Crippen molar-refractivity contribution in [3.63, 3.8) is 0 Å². The van der Waals surface area contributed by atoms with Crippen LogP contribution in [0, 0.1) is 46.3 Å². The van der Waals surface area contributed by atoms with Gasteiger partial charge >= 0.3 is 24.2 Å². The van der Waals surface area contributed by atoms with Crippen LogP contribution in [0.25, 0.3) is 0 Å². The Balaban J connectivity index is 0.895. The lowest BCUT2D eigenvalue weighted by atomic mass is 9.44. The van der Waals surface area contributed by atoms with E-state index in [1.54, 1.807) is 51.1 Å². The van der Waals surface area contributed by atoms with Crippen molar-refractivity contribution in [3.8, 4) is 11.8 Å². The minimum Gasteiger partial charge on any atom is -0.445 e. The third-order valence-electron chi connectivity index (χ3n) is 16.7. The van der Waals surface area contributed by atoms with Crippen molar-refractivity contribution in [3.05, 3.63) is 53.6 Å². The van der Waals surface area contributed by atoms with E-state index in [0.717, 1.165) is 32.1 Å². The molecule has 22 nitrogen and oxygen atoms in total. The Labute approximate surface area is 461 Å². The number of ketones is 2. The number of nitrogens with one attached hydrogen (secondary N) is 7. The summed E-state index contributed by atoms with van der Waals surface area (Å²) in [5.41, 5.74) is 2.80. The molecule has 3 saturated carbocycles. The number of hydrogen-bond donors (Lipinski definition) is 11. The first-order chi connectivity index (χ1) is 37.5. The molecule has 5 aliphatic rings. The number of nitrogens with two attached hydrogens (primary N) is 1. The lowest BCUT2D eigenvalue weighted by molar-refractivity contribution is -0.219. The van der Waals surface area contributed by atoms with Gasteiger partial charge in [-0.3, -0.25) is 19.7 Å². The van der Waals surface area contributed by atoms with E-state index in [-0.39, 0.29) is 70.0 Å². The monoisotopic (exact) mass is 1110 g/mol. The normalized spacial score (nSPS) is 29.0. The summed E-state index contributed by atoms with van der Waals surface area (Å²) in [7, 11) is 0. The standard InChI is InChI=1S/C56H81FN8O14/c1-34(2)47(59-26-27-63-79-46(69)33-76-40-12-9-7-6-8-10-13-40)49(71)65-43(14-11-23-60-50(58)72)48(70)64-38-18-15-36(16-19-38)31-77-51(73)61-24-25-62-52(74)78-32-45(68)56(75)35(3)28-42-41-20-17-37-29-39(66)21-22-53(37,4)55(41,57)44(67)30-54(42,56)5/h15-16,18-19,21-22,29,34-35,40-44,47,49,59,63,65,67,71,75H,6-9,11-12,14,17,20,23-28,30-33H2,1-5H3,(H,61,73)(H,62,74)(H,64,70)(H3,58,60,72)/t35-,40?,41+,42+,43+,44+,47+,49?,53+,54+,55+,56+/m1/s1. The predicted molar refractivity (Wildman–Crippen MR) is 287 cm³/mol. The molecule has 436 valence electrons. The van der Waals surface area contributed by atoms with Crippen LogP contribution in [-0.2, 0) is 44.8 Å². The molecule has 12 atom stereocenters. The maximum Gasteiger partial charge on any atom is 0.407 e. The van der Waals surface area contributed by atoms with Gasteiger partial charge in [-0.25, -0.2) is 23.6 Å². The van der Waals surface area contributed by atoms with Crippen LogP contribution in [0.2, 0.25) is 0 Å². The van der Waals surface area contributed by atoms with E-state index in [1.807, 2.05) is 13.8 Å². The fourth-order valence-electron chi connectivity index (χ4n) is 12.4. The minimum atomic E-state index is -2.13. The fourth-order valence-corrected chi connectivity index (χ4v) is 12.4. The van der Waals surface area contributed by atoms with Gasteiger partial charge in [0, 0.05) is 67.6 Å². The molecule has 0 spiro atoms. The number of aliphatic hydroxyl groups is 3. The summed E-state index contributed by atoms with van der Waals surface area (Å²) in [5, 5.41) is 51.6. The Kier molecular flexibility index (Phi) is 22.0. The van der Waals surface area contributed by atoms with E-state index in [9.17, 15) is 48.9 Å². The van der Waals surface area contributed by atoms with E-state index in [0.29, 0.717) is 49.1 Å². The number of halogens is 1.